The van der Waals surface area contributed by atoms with Gasteiger partial charge in [0.2, 0.25) is 0 Å². The lowest BCUT2D eigenvalue weighted by Gasteiger charge is -2.51. The second kappa shape index (κ2) is 9.23. The standard InChI is InChI=1S/C23H44O2Si/c1-11-12-13-14-15-20-16-19(4)17-24-26(22(5,6)7,23(8,9)10)25-21(20)18(2)3/h18,21H,11-15,17H2,1-10H3. The zero-order valence-electron chi connectivity index (χ0n) is 19.2. The third kappa shape index (κ3) is 5.58. The molecule has 0 amide bonds. The third-order valence-electron chi connectivity index (χ3n) is 5.38. The predicted octanol–water partition coefficient (Wildman–Crippen LogP) is 7.54. The van der Waals surface area contributed by atoms with Crippen LogP contribution in [0, 0.1) is 5.92 Å². The zero-order valence-corrected chi connectivity index (χ0v) is 20.2. The fraction of sp³-hybridized carbons (Fsp3) is 0.870. The van der Waals surface area contributed by atoms with Crippen molar-refractivity contribution in [3.63, 3.8) is 0 Å². The highest BCUT2D eigenvalue weighted by molar-refractivity contribution is 6.73. The van der Waals surface area contributed by atoms with Crippen LogP contribution in [-0.4, -0.2) is 21.3 Å². The number of hydrogen-bond acceptors (Lipinski definition) is 2. The molecule has 1 aliphatic rings. The van der Waals surface area contributed by atoms with Crippen molar-refractivity contribution in [1.29, 1.82) is 0 Å². The molecular formula is C23H44O2Si. The highest BCUT2D eigenvalue weighted by Gasteiger charge is 2.59. The van der Waals surface area contributed by atoms with E-state index in [0.717, 1.165) is 6.42 Å². The van der Waals surface area contributed by atoms with Crippen LogP contribution in [0.3, 0.4) is 0 Å². The van der Waals surface area contributed by atoms with Crippen molar-refractivity contribution in [3.8, 4) is 0 Å². The molecule has 1 aliphatic heterocycles. The van der Waals surface area contributed by atoms with E-state index in [1.807, 2.05) is 0 Å². The Bertz CT molecular complexity index is 499. The Morgan fingerprint density at radius 2 is 1.62 bits per heavy atom. The summed E-state index contributed by atoms with van der Waals surface area (Å²) in [6, 6.07) is 0. The molecule has 0 aromatic rings. The van der Waals surface area contributed by atoms with E-state index in [0.29, 0.717) is 12.5 Å². The van der Waals surface area contributed by atoms with Crippen LogP contribution in [0.4, 0.5) is 0 Å². The molecule has 1 heterocycles. The summed E-state index contributed by atoms with van der Waals surface area (Å²) in [6.07, 6.45) is 6.32. The largest absolute Gasteiger partial charge is 0.389 e. The van der Waals surface area contributed by atoms with Gasteiger partial charge < -0.3 is 8.85 Å². The van der Waals surface area contributed by atoms with E-state index in [2.05, 4.69) is 75.0 Å². The van der Waals surface area contributed by atoms with Crippen molar-refractivity contribution >= 4 is 8.56 Å². The summed E-state index contributed by atoms with van der Waals surface area (Å²) in [4.78, 5) is 0. The summed E-state index contributed by atoms with van der Waals surface area (Å²) < 4.78 is 13.8. The fourth-order valence-electron chi connectivity index (χ4n) is 4.27. The number of hydrogen-bond donors (Lipinski definition) is 0. The molecule has 1 atom stereocenters. The molecule has 0 fully saturated rings. The van der Waals surface area contributed by atoms with E-state index in [1.165, 1.54) is 36.8 Å². The van der Waals surface area contributed by atoms with Crippen LogP contribution in [0.25, 0.3) is 0 Å². The molecule has 0 bridgehead atoms. The summed E-state index contributed by atoms with van der Waals surface area (Å²) >= 11 is 0. The maximum Gasteiger partial charge on any atom is 0.350 e. The summed E-state index contributed by atoms with van der Waals surface area (Å²) in [6.45, 7) is 23.4. The Morgan fingerprint density at radius 1 is 1.04 bits per heavy atom. The first-order valence-corrected chi connectivity index (χ1v) is 12.4. The van der Waals surface area contributed by atoms with Gasteiger partial charge in [0.15, 0.2) is 0 Å². The molecule has 0 aromatic heterocycles. The average Bonchev–Trinajstić information content (AvgIpc) is 2.45. The second-order valence-electron chi connectivity index (χ2n) is 10.4. The normalized spacial score (nSPS) is 21.9. The van der Waals surface area contributed by atoms with Crippen LogP contribution >= 0.6 is 0 Å². The van der Waals surface area contributed by atoms with Gasteiger partial charge in [-0.1, -0.05) is 81.6 Å². The second-order valence-corrected chi connectivity index (χ2v) is 15.2. The molecule has 2 nitrogen and oxygen atoms in total. The lowest BCUT2D eigenvalue weighted by atomic mass is 9.94. The van der Waals surface area contributed by atoms with E-state index in [9.17, 15) is 0 Å². The number of rotatable bonds is 6. The van der Waals surface area contributed by atoms with E-state index in [1.54, 1.807) is 0 Å². The molecule has 26 heavy (non-hydrogen) atoms. The van der Waals surface area contributed by atoms with Gasteiger partial charge in [-0.25, -0.2) is 0 Å². The minimum atomic E-state index is -2.51. The van der Waals surface area contributed by atoms with Crippen molar-refractivity contribution in [3.05, 3.63) is 16.9 Å². The van der Waals surface area contributed by atoms with Gasteiger partial charge in [-0.2, -0.15) is 0 Å². The minimum Gasteiger partial charge on any atom is -0.389 e. The Balaban J connectivity index is 3.33. The minimum absolute atomic E-state index is 0.00330. The maximum absolute atomic E-state index is 7.09. The fourth-order valence-corrected chi connectivity index (χ4v) is 9.36. The molecule has 0 spiro atoms. The van der Waals surface area contributed by atoms with Crippen molar-refractivity contribution < 1.29 is 8.85 Å². The van der Waals surface area contributed by atoms with Gasteiger partial charge in [0, 0.05) is 10.1 Å². The van der Waals surface area contributed by atoms with Crippen LogP contribution in [0.5, 0.6) is 0 Å². The predicted molar refractivity (Wildman–Crippen MR) is 116 cm³/mol. The molecule has 0 aliphatic carbocycles. The van der Waals surface area contributed by atoms with Crippen LogP contribution in [0.1, 0.15) is 101 Å². The van der Waals surface area contributed by atoms with Crippen LogP contribution < -0.4 is 0 Å². The molecule has 0 saturated carbocycles. The zero-order chi connectivity index (χ0) is 20.2. The van der Waals surface area contributed by atoms with E-state index >= 15 is 0 Å². The first-order valence-electron chi connectivity index (χ1n) is 10.6. The Kier molecular flexibility index (Phi) is 8.42. The van der Waals surface area contributed by atoms with Gasteiger partial charge in [-0.05, 0) is 36.8 Å². The van der Waals surface area contributed by atoms with E-state index < -0.39 is 8.56 Å². The smallest absolute Gasteiger partial charge is 0.350 e. The Labute approximate surface area is 164 Å². The molecule has 0 radical (unpaired) electrons. The summed E-state index contributed by atoms with van der Waals surface area (Å²) in [7, 11) is -2.51. The molecule has 0 N–H and O–H groups in total. The van der Waals surface area contributed by atoms with Gasteiger partial charge in [-0.15, -0.1) is 5.73 Å². The Morgan fingerprint density at radius 3 is 2.08 bits per heavy atom. The van der Waals surface area contributed by atoms with Crippen molar-refractivity contribution in [2.24, 2.45) is 5.92 Å². The lowest BCUT2D eigenvalue weighted by molar-refractivity contribution is 0.0745. The number of unbranched alkanes of at least 4 members (excludes halogenated alkanes) is 3. The first-order chi connectivity index (χ1) is 11.9. The quantitative estimate of drug-likeness (QED) is 0.269. The molecule has 3 heteroatoms. The molecule has 1 unspecified atom stereocenters. The molecule has 1 rings (SSSR count). The molecule has 152 valence electrons. The molecular weight excluding hydrogens is 336 g/mol. The molecule has 0 saturated heterocycles. The summed E-state index contributed by atoms with van der Waals surface area (Å²) in [5.74, 6) is 0.426. The first kappa shape index (κ1) is 23.7. The van der Waals surface area contributed by atoms with Crippen LogP contribution in [0.2, 0.25) is 10.1 Å². The maximum atomic E-state index is 7.09. The SMILES string of the molecule is CCCCCCC1=C=C(C)CO[Si](C(C)(C)C)(C(C)(C)C)OC1C(C)C. The third-order valence-corrected chi connectivity index (χ3v) is 10.5. The topological polar surface area (TPSA) is 18.5 Å². The van der Waals surface area contributed by atoms with Crippen molar-refractivity contribution in [2.45, 2.75) is 118 Å². The van der Waals surface area contributed by atoms with E-state index in [-0.39, 0.29) is 16.2 Å². The van der Waals surface area contributed by atoms with E-state index in [4.69, 9.17) is 8.85 Å². The van der Waals surface area contributed by atoms with Gasteiger partial charge in [0.25, 0.3) is 0 Å². The summed E-state index contributed by atoms with van der Waals surface area (Å²) in [5, 5.41) is 0.00661. The van der Waals surface area contributed by atoms with Crippen LogP contribution in [-0.2, 0) is 8.85 Å². The van der Waals surface area contributed by atoms with Crippen molar-refractivity contribution in [1.82, 2.24) is 0 Å². The van der Waals surface area contributed by atoms with Gasteiger partial charge >= 0.3 is 8.56 Å². The lowest BCUT2D eigenvalue weighted by Crippen LogP contribution is -2.60. The monoisotopic (exact) mass is 380 g/mol. The average molecular weight is 381 g/mol. The molecule has 0 aromatic carbocycles. The highest BCUT2D eigenvalue weighted by atomic mass is 28.4. The summed E-state index contributed by atoms with van der Waals surface area (Å²) in [5.41, 5.74) is 6.25. The Hall–Kier alpha value is -0.343. The highest BCUT2D eigenvalue weighted by Crippen LogP contribution is 2.54. The van der Waals surface area contributed by atoms with Gasteiger partial charge in [0.1, 0.15) is 0 Å². The van der Waals surface area contributed by atoms with Gasteiger partial charge in [-0.3, -0.25) is 0 Å². The van der Waals surface area contributed by atoms with Gasteiger partial charge in [0.05, 0.1) is 12.7 Å². The van der Waals surface area contributed by atoms with Crippen molar-refractivity contribution in [2.75, 3.05) is 6.61 Å². The van der Waals surface area contributed by atoms with Crippen LogP contribution in [0.15, 0.2) is 16.9 Å².